The van der Waals surface area contributed by atoms with Crippen molar-refractivity contribution in [1.82, 2.24) is 20.2 Å². The van der Waals surface area contributed by atoms with Crippen molar-refractivity contribution in [1.29, 1.82) is 5.41 Å². The van der Waals surface area contributed by atoms with E-state index in [0.29, 0.717) is 23.2 Å². The number of likely N-dealkylation sites (tertiary alicyclic amines) is 1. The zero-order chi connectivity index (χ0) is 28.9. The Kier molecular flexibility index (Phi) is 9.95. The minimum Gasteiger partial charge on any atom is -0.489 e. The Morgan fingerprint density at radius 2 is 1.82 bits per heavy atom. The molecule has 2 heterocycles. The van der Waals surface area contributed by atoms with Crippen LogP contribution in [0, 0.1) is 19.3 Å². The lowest BCUT2D eigenvalue weighted by molar-refractivity contribution is 0.241. The van der Waals surface area contributed by atoms with Crippen LogP contribution in [0.25, 0.3) is 0 Å². The van der Waals surface area contributed by atoms with Gasteiger partial charge in [0, 0.05) is 25.0 Å². The van der Waals surface area contributed by atoms with Crippen molar-refractivity contribution >= 4 is 32.3 Å². The maximum Gasteiger partial charge on any atom is 0.229 e. The first-order valence-electron chi connectivity index (χ1n) is 13.4. The lowest BCUT2D eigenvalue weighted by Gasteiger charge is -2.30. The van der Waals surface area contributed by atoms with E-state index < -0.39 is 20.1 Å². The van der Waals surface area contributed by atoms with E-state index in [4.69, 9.17) is 10.1 Å². The first-order valence-corrected chi connectivity index (χ1v) is 15.0. The van der Waals surface area contributed by atoms with E-state index in [9.17, 15) is 8.42 Å². The Balaban J connectivity index is 1.93. The van der Waals surface area contributed by atoms with Crippen LogP contribution in [0.1, 0.15) is 63.1 Å². The van der Waals surface area contributed by atoms with Gasteiger partial charge in [-0.15, -0.1) is 0 Å². The quantitative estimate of drug-likeness (QED) is 0.242. The van der Waals surface area contributed by atoms with E-state index in [1.54, 1.807) is 27.1 Å². The zero-order valence-corrected chi connectivity index (χ0v) is 25.2. The highest BCUT2D eigenvalue weighted by molar-refractivity contribution is 8.07. The molecule has 0 aliphatic carbocycles. The summed E-state index contributed by atoms with van der Waals surface area (Å²) in [6.45, 7) is 13.2. The van der Waals surface area contributed by atoms with Gasteiger partial charge in [-0.1, -0.05) is 0 Å². The maximum atomic E-state index is 12.7. The molecule has 39 heavy (non-hydrogen) atoms. The van der Waals surface area contributed by atoms with Gasteiger partial charge in [-0.05, 0) is 104 Å². The first kappa shape index (κ1) is 30.4. The summed E-state index contributed by atoms with van der Waals surface area (Å²) in [5, 5.41) is 16.2. The van der Waals surface area contributed by atoms with E-state index in [1.165, 1.54) is 17.3 Å². The maximum absolute atomic E-state index is 12.7. The number of anilines is 3. The average molecular weight is 558 g/mol. The summed E-state index contributed by atoms with van der Waals surface area (Å²) in [7, 11) is 0.0137. The second kappa shape index (κ2) is 12.8. The fourth-order valence-electron chi connectivity index (χ4n) is 4.48. The molecule has 0 bridgehead atoms. The molecule has 3 rings (SSSR count). The second-order valence-electron chi connectivity index (χ2n) is 10.7. The third kappa shape index (κ3) is 7.48. The number of hydrogen-bond acceptors (Lipinski definition) is 10. The van der Waals surface area contributed by atoms with Gasteiger partial charge in [0.15, 0.2) is 14.9 Å². The standard InChI is InChI=1S/C28H43N7O3S/c1-17(2)38-25-14-22(21-9-11-35(8)12-10-21)19(5)13-23(25)33-28-31-15-20(6)27(34-28)32-24(16-30-7)26(29)39(36,37)18(3)4/h13-18,21,29-30H,9-12H2,1-8H3,(H2,31,32,33,34)/b24-16+,29-26?. The fraction of sp³-hybridized carbons (Fsp3) is 0.536. The number of rotatable bonds is 10. The van der Waals surface area contributed by atoms with Gasteiger partial charge in [0.05, 0.1) is 22.7 Å². The highest BCUT2D eigenvalue weighted by atomic mass is 32.2. The predicted molar refractivity (Wildman–Crippen MR) is 159 cm³/mol. The van der Waals surface area contributed by atoms with E-state index in [-0.39, 0.29) is 11.8 Å². The van der Waals surface area contributed by atoms with Crippen LogP contribution >= 0.6 is 0 Å². The number of sulfone groups is 1. The minimum atomic E-state index is -3.79. The molecule has 1 aromatic heterocycles. The molecule has 4 N–H and O–H groups in total. The van der Waals surface area contributed by atoms with Gasteiger partial charge in [0.25, 0.3) is 0 Å². The Morgan fingerprint density at radius 3 is 2.41 bits per heavy atom. The van der Waals surface area contributed by atoms with Crippen molar-refractivity contribution in [2.24, 2.45) is 0 Å². The van der Waals surface area contributed by atoms with E-state index in [2.05, 4.69) is 56.9 Å². The molecular formula is C28H43N7O3S. The molecule has 1 fully saturated rings. The molecule has 1 aromatic carbocycles. The van der Waals surface area contributed by atoms with Gasteiger partial charge in [0.2, 0.25) is 5.95 Å². The number of aryl methyl sites for hydroxylation is 2. The van der Waals surface area contributed by atoms with Crippen LogP contribution in [0.5, 0.6) is 5.75 Å². The van der Waals surface area contributed by atoms with Gasteiger partial charge in [-0.2, -0.15) is 4.98 Å². The van der Waals surface area contributed by atoms with Crippen LogP contribution in [0.4, 0.5) is 17.5 Å². The van der Waals surface area contributed by atoms with Crippen molar-refractivity contribution < 1.29 is 13.2 Å². The molecule has 2 aromatic rings. The topological polar surface area (TPSA) is 132 Å². The van der Waals surface area contributed by atoms with Crippen LogP contribution < -0.4 is 20.7 Å². The summed E-state index contributed by atoms with van der Waals surface area (Å²) in [4.78, 5) is 11.4. The first-order chi connectivity index (χ1) is 18.3. The smallest absolute Gasteiger partial charge is 0.229 e. The van der Waals surface area contributed by atoms with Crippen LogP contribution in [-0.2, 0) is 9.84 Å². The third-order valence-electron chi connectivity index (χ3n) is 6.80. The molecule has 0 amide bonds. The zero-order valence-electron chi connectivity index (χ0n) is 24.3. The van der Waals surface area contributed by atoms with Gasteiger partial charge in [-0.25, -0.2) is 13.4 Å². The summed E-state index contributed by atoms with van der Waals surface area (Å²) in [6, 6.07) is 4.23. The average Bonchev–Trinajstić information content (AvgIpc) is 2.87. The number of ether oxygens (including phenoxy) is 1. The molecule has 0 atom stereocenters. The van der Waals surface area contributed by atoms with Crippen molar-refractivity contribution in [2.75, 3.05) is 37.8 Å². The molecular weight excluding hydrogens is 514 g/mol. The number of aromatic nitrogens is 2. The molecule has 214 valence electrons. The fourth-order valence-corrected chi connectivity index (χ4v) is 5.37. The van der Waals surface area contributed by atoms with Crippen molar-refractivity contribution in [3.05, 3.63) is 46.9 Å². The molecule has 10 nitrogen and oxygen atoms in total. The normalized spacial score (nSPS) is 15.5. The predicted octanol–water partition coefficient (Wildman–Crippen LogP) is 4.71. The Labute approximate surface area is 233 Å². The number of hydrogen-bond donors (Lipinski definition) is 4. The molecule has 1 aliphatic rings. The third-order valence-corrected chi connectivity index (χ3v) is 8.83. The van der Waals surface area contributed by atoms with Crippen LogP contribution in [0.15, 0.2) is 30.2 Å². The van der Waals surface area contributed by atoms with Gasteiger partial charge in [-0.3, -0.25) is 5.41 Å². The number of piperidine rings is 1. The van der Waals surface area contributed by atoms with E-state index in [1.807, 2.05) is 20.8 Å². The van der Waals surface area contributed by atoms with E-state index >= 15 is 0 Å². The minimum absolute atomic E-state index is 0.0158. The summed E-state index contributed by atoms with van der Waals surface area (Å²) >= 11 is 0. The molecule has 1 saturated heterocycles. The largest absolute Gasteiger partial charge is 0.489 e. The van der Waals surface area contributed by atoms with Crippen LogP contribution in [0.2, 0.25) is 0 Å². The van der Waals surface area contributed by atoms with Crippen molar-refractivity contribution in [2.45, 2.75) is 71.7 Å². The highest BCUT2D eigenvalue weighted by Gasteiger charge is 2.27. The monoisotopic (exact) mass is 557 g/mol. The molecule has 0 radical (unpaired) electrons. The number of benzene rings is 1. The second-order valence-corrected chi connectivity index (χ2v) is 13.1. The molecule has 11 heteroatoms. The number of nitrogens with one attached hydrogen (secondary N) is 4. The Morgan fingerprint density at radius 1 is 1.15 bits per heavy atom. The molecule has 0 unspecified atom stereocenters. The van der Waals surface area contributed by atoms with Gasteiger partial charge < -0.3 is 25.6 Å². The molecule has 0 saturated carbocycles. The summed E-state index contributed by atoms with van der Waals surface area (Å²) < 4.78 is 31.5. The van der Waals surface area contributed by atoms with E-state index in [0.717, 1.165) is 37.4 Å². The molecule has 1 aliphatic heterocycles. The lowest BCUT2D eigenvalue weighted by Crippen LogP contribution is -2.29. The Hall–Kier alpha value is -3.18. The summed E-state index contributed by atoms with van der Waals surface area (Å²) in [5.74, 6) is 1.95. The van der Waals surface area contributed by atoms with Crippen LogP contribution in [-0.4, -0.2) is 66.9 Å². The van der Waals surface area contributed by atoms with Crippen molar-refractivity contribution in [3.63, 3.8) is 0 Å². The van der Waals surface area contributed by atoms with Gasteiger partial charge >= 0.3 is 0 Å². The summed E-state index contributed by atoms with van der Waals surface area (Å²) in [6.07, 6.45) is 5.31. The highest BCUT2D eigenvalue weighted by Crippen LogP contribution is 2.37. The SMILES string of the molecule is CN/C=C(/Nc1nc(Nc2cc(C)c(C3CCN(C)CC3)cc2OC(C)C)ncc1C)C(=N)S(=O)(=O)C(C)C. The number of nitrogens with zero attached hydrogens (tertiary/aromatic N) is 3. The lowest BCUT2D eigenvalue weighted by atomic mass is 9.86. The molecule has 0 spiro atoms. The Bertz CT molecular complexity index is 1310. The van der Waals surface area contributed by atoms with Crippen LogP contribution in [0.3, 0.4) is 0 Å². The van der Waals surface area contributed by atoms with Gasteiger partial charge in [0.1, 0.15) is 11.6 Å². The summed E-state index contributed by atoms with van der Waals surface area (Å²) in [5.41, 5.74) is 4.04. The van der Waals surface area contributed by atoms with Crippen molar-refractivity contribution in [3.8, 4) is 5.75 Å².